The second kappa shape index (κ2) is 6.81. The summed E-state index contributed by atoms with van der Waals surface area (Å²) in [5, 5.41) is 5.45. The van der Waals surface area contributed by atoms with Crippen molar-refractivity contribution in [1.29, 1.82) is 0 Å². The molecule has 0 aromatic carbocycles. The minimum Gasteiger partial charge on any atom is -0.311 e. The van der Waals surface area contributed by atoms with Crippen LogP contribution in [0.1, 0.15) is 33.2 Å². The molecule has 0 aliphatic rings. The van der Waals surface area contributed by atoms with Gasteiger partial charge in [0, 0.05) is 6.20 Å². The van der Waals surface area contributed by atoms with Crippen LogP contribution in [0.2, 0.25) is 5.02 Å². The molecular weight excluding hydrogens is 353 g/mol. The zero-order valence-corrected chi connectivity index (χ0v) is 13.6. The molecule has 5 nitrogen and oxygen atoms in total. The van der Waals surface area contributed by atoms with Gasteiger partial charge in [-0.2, -0.15) is 13.2 Å². The summed E-state index contributed by atoms with van der Waals surface area (Å²) in [5.41, 5.74) is -1.06. The molecule has 10 heteroatoms. The number of nitrogens with zero attached hydrogens (tertiary/aromatic N) is 2. The van der Waals surface area contributed by atoms with Gasteiger partial charge in [-0.05, 0) is 20.0 Å². The monoisotopic (exact) mass is 364 g/mol. The Bertz CT molecular complexity index is 719. The molecule has 0 spiro atoms. The van der Waals surface area contributed by atoms with Crippen molar-refractivity contribution in [1.82, 2.24) is 15.3 Å². The molecule has 2 N–H and O–H groups in total. The Balaban J connectivity index is 2.19. The number of aromatic nitrogens is 2. The molecule has 1 amide bonds. The molecule has 0 fully saturated rings. The maximum Gasteiger partial charge on any atom is 0.418 e. The number of anilines is 1. The fourth-order valence-electron chi connectivity index (χ4n) is 1.62. The van der Waals surface area contributed by atoms with Gasteiger partial charge in [-0.15, -0.1) is 11.3 Å². The first kappa shape index (κ1) is 17.6. The van der Waals surface area contributed by atoms with Crippen molar-refractivity contribution in [2.45, 2.75) is 19.1 Å². The summed E-state index contributed by atoms with van der Waals surface area (Å²) in [6, 6.07) is 0.658. The van der Waals surface area contributed by atoms with E-state index in [1.54, 1.807) is 7.05 Å². The zero-order chi connectivity index (χ0) is 17.2. The van der Waals surface area contributed by atoms with E-state index in [9.17, 15) is 18.0 Å². The lowest BCUT2D eigenvalue weighted by Gasteiger charge is -2.10. The predicted octanol–water partition coefficient (Wildman–Crippen LogP) is 3.74. The van der Waals surface area contributed by atoms with Crippen molar-refractivity contribution in [3.8, 4) is 0 Å². The summed E-state index contributed by atoms with van der Waals surface area (Å²) in [6.07, 6.45) is -2.41. The highest BCUT2D eigenvalue weighted by Gasteiger charge is 2.34. The molecule has 1 atom stereocenters. The van der Waals surface area contributed by atoms with Gasteiger partial charge < -0.3 is 10.6 Å². The van der Waals surface area contributed by atoms with Crippen LogP contribution in [0.3, 0.4) is 0 Å². The van der Waals surface area contributed by atoms with Crippen molar-refractivity contribution in [2.75, 3.05) is 12.4 Å². The highest BCUT2D eigenvalue weighted by molar-refractivity contribution is 7.13. The Morgan fingerprint density at radius 2 is 2.04 bits per heavy atom. The number of rotatable bonds is 4. The molecule has 2 heterocycles. The number of pyridine rings is 1. The number of nitrogens with one attached hydrogen (secondary N) is 2. The molecule has 0 saturated carbocycles. The molecule has 0 aliphatic heterocycles. The third-order valence-corrected chi connectivity index (χ3v) is 4.43. The molecule has 124 valence electrons. The predicted molar refractivity (Wildman–Crippen MR) is 81.8 cm³/mol. The van der Waals surface area contributed by atoms with Crippen molar-refractivity contribution >= 4 is 34.7 Å². The molecule has 23 heavy (non-hydrogen) atoms. The van der Waals surface area contributed by atoms with Crippen LogP contribution in [0, 0.1) is 0 Å². The van der Waals surface area contributed by atoms with Crippen LogP contribution in [0.15, 0.2) is 18.5 Å². The number of carbonyl (C=O) groups is 1. The highest BCUT2D eigenvalue weighted by atomic mass is 35.5. The SMILES string of the molecule is CNC(C)c1ncc(C(=O)Nc2cc(C(F)(F)F)c(Cl)cn2)s1. The van der Waals surface area contributed by atoms with E-state index < -0.39 is 22.7 Å². The molecule has 2 aromatic rings. The molecule has 0 radical (unpaired) electrons. The van der Waals surface area contributed by atoms with Crippen LogP contribution >= 0.6 is 22.9 Å². The molecule has 0 bridgehead atoms. The van der Waals surface area contributed by atoms with Crippen LogP contribution in [0.25, 0.3) is 0 Å². The Hall–Kier alpha value is -1.71. The largest absolute Gasteiger partial charge is 0.418 e. The minimum atomic E-state index is -4.63. The van der Waals surface area contributed by atoms with Gasteiger partial charge in [0.1, 0.15) is 15.7 Å². The zero-order valence-electron chi connectivity index (χ0n) is 12.0. The van der Waals surface area contributed by atoms with Gasteiger partial charge in [-0.25, -0.2) is 9.97 Å². The van der Waals surface area contributed by atoms with Gasteiger partial charge in [0.15, 0.2) is 0 Å². The van der Waals surface area contributed by atoms with Crippen LogP contribution < -0.4 is 10.6 Å². The highest BCUT2D eigenvalue weighted by Crippen LogP contribution is 2.35. The van der Waals surface area contributed by atoms with Gasteiger partial charge in [0.2, 0.25) is 0 Å². The topological polar surface area (TPSA) is 66.9 Å². The quantitative estimate of drug-likeness (QED) is 0.867. The number of hydrogen-bond donors (Lipinski definition) is 2. The minimum absolute atomic E-state index is 0.0351. The van der Waals surface area contributed by atoms with E-state index in [-0.39, 0.29) is 16.7 Å². The Morgan fingerprint density at radius 3 is 2.65 bits per heavy atom. The molecule has 0 saturated heterocycles. The van der Waals surface area contributed by atoms with Gasteiger partial charge in [-0.1, -0.05) is 11.6 Å². The number of alkyl halides is 3. The normalized spacial score (nSPS) is 13.0. The third-order valence-electron chi connectivity index (χ3n) is 2.95. The van der Waals surface area contributed by atoms with Crippen molar-refractivity contribution in [3.05, 3.63) is 38.9 Å². The first-order valence-corrected chi connectivity index (χ1v) is 7.59. The Morgan fingerprint density at radius 1 is 1.35 bits per heavy atom. The number of halogens is 4. The van der Waals surface area contributed by atoms with Gasteiger partial charge in [-0.3, -0.25) is 4.79 Å². The molecule has 0 aliphatic carbocycles. The first-order chi connectivity index (χ1) is 10.7. The lowest BCUT2D eigenvalue weighted by Crippen LogP contribution is -2.14. The summed E-state index contributed by atoms with van der Waals surface area (Å²) in [4.78, 5) is 20.1. The smallest absolute Gasteiger partial charge is 0.311 e. The van der Waals surface area contributed by atoms with E-state index in [1.807, 2.05) is 6.92 Å². The Labute approximate surface area is 138 Å². The average molecular weight is 365 g/mol. The molecule has 2 rings (SSSR count). The van der Waals surface area contributed by atoms with Gasteiger partial charge >= 0.3 is 6.18 Å². The van der Waals surface area contributed by atoms with Gasteiger partial charge in [0.05, 0.1) is 22.8 Å². The summed E-state index contributed by atoms with van der Waals surface area (Å²) in [5.74, 6) is -0.816. The molecule has 2 aromatic heterocycles. The van der Waals surface area contributed by atoms with E-state index >= 15 is 0 Å². The second-order valence-corrected chi connectivity index (χ2v) is 6.04. The van der Waals surface area contributed by atoms with E-state index in [1.165, 1.54) is 6.20 Å². The lowest BCUT2D eigenvalue weighted by molar-refractivity contribution is -0.137. The van der Waals surface area contributed by atoms with E-state index in [4.69, 9.17) is 11.6 Å². The average Bonchev–Trinajstić information content (AvgIpc) is 2.97. The van der Waals surface area contributed by atoms with Crippen LogP contribution in [0.4, 0.5) is 19.0 Å². The summed E-state index contributed by atoms with van der Waals surface area (Å²) in [7, 11) is 1.75. The molecule has 1 unspecified atom stereocenters. The number of hydrogen-bond acceptors (Lipinski definition) is 5. The van der Waals surface area contributed by atoms with Crippen LogP contribution in [-0.4, -0.2) is 22.9 Å². The van der Waals surface area contributed by atoms with Crippen molar-refractivity contribution < 1.29 is 18.0 Å². The number of thiazole rings is 1. The maximum absolute atomic E-state index is 12.8. The Kier molecular flexibility index (Phi) is 5.23. The maximum atomic E-state index is 12.8. The van der Waals surface area contributed by atoms with Crippen LogP contribution in [-0.2, 0) is 6.18 Å². The molecular formula is C13H12ClF3N4OS. The van der Waals surface area contributed by atoms with E-state index in [2.05, 4.69) is 20.6 Å². The van der Waals surface area contributed by atoms with Crippen LogP contribution in [0.5, 0.6) is 0 Å². The van der Waals surface area contributed by atoms with Crippen molar-refractivity contribution in [3.63, 3.8) is 0 Å². The summed E-state index contributed by atoms with van der Waals surface area (Å²) < 4.78 is 38.3. The van der Waals surface area contributed by atoms with Gasteiger partial charge in [0.25, 0.3) is 5.91 Å². The lowest BCUT2D eigenvalue weighted by atomic mass is 10.2. The summed E-state index contributed by atoms with van der Waals surface area (Å²) in [6.45, 7) is 1.87. The van der Waals surface area contributed by atoms with E-state index in [0.717, 1.165) is 17.5 Å². The fraction of sp³-hybridized carbons (Fsp3) is 0.308. The standard InChI is InChI=1S/C13H12ClF3N4OS/c1-6(18-2)12-20-5-9(23-12)11(22)21-10-3-7(13(15,16)17)8(14)4-19-10/h3-6,18H,1-2H3,(H,19,21,22). The van der Waals surface area contributed by atoms with E-state index in [0.29, 0.717) is 11.1 Å². The third kappa shape index (κ3) is 4.18. The first-order valence-electron chi connectivity index (χ1n) is 6.39. The van der Waals surface area contributed by atoms with Crippen molar-refractivity contribution in [2.24, 2.45) is 0 Å². The summed E-state index contributed by atoms with van der Waals surface area (Å²) >= 11 is 6.62. The number of amides is 1. The fourth-order valence-corrected chi connectivity index (χ4v) is 2.70. The second-order valence-electron chi connectivity index (χ2n) is 4.57. The number of carbonyl (C=O) groups excluding carboxylic acids is 1.